The fraction of sp³-hybridized carbons (Fsp3) is 0.286. The summed E-state index contributed by atoms with van der Waals surface area (Å²) in [4.78, 5) is 12.7. The second-order valence-corrected chi connectivity index (χ2v) is 8.97. The molecule has 0 aliphatic heterocycles. The van der Waals surface area contributed by atoms with E-state index in [9.17, 15) is 13.2 Å². The van der Waals surface area contributed by atoms with Gasteiger partial charge < -0.3 is 14.5 Å². The van der Waals surface area contributed by atoms with Crippen molar-refractivity contribution in [3.8, 4) is 5.75 Å². The second-order valence-electron chi connectivity index (χ2n) is 6.82. The van der Waals surface area contributed by atoms with Gasteiger partial charge in [0.2, 0.25) is 15.9 Å². The molecule has 0 aliphatic rings. The van der Waals surface area contributed by atoms with Crippen LogP contribution in [0.5, 0.6) is 5.75 Å². The van der Waals surface area contributed by atoms with E-state index in [4.69, 9.17) is 9.15 Å². The van der Waals surface area contributed by atoms with Crippen LogP contribution in [0.15, 0.2) is 52.0 Å². The Labute approximate surface area is 170 Å². The van der Waals surface area contributed by atoms with Gasteiger partial charge in [-0.15, -0.1) is 0 Å². The van der Waals surface area contributed by atoms with Crippen molar-refractivity contribution in [2.24, 2.45) is 0 Å². The monoisotopic (exact) mass is 416 g/mol. The first kappa shape index (κ1) is 20.9. The minimum absolute atomic E-state index is 0.0689. The maximum Gasteiger partial charge on any atom is 0.242 e. The molecule has 29 heavy (non-hydrogen) atoms. The molecule has 8 heteroatoms. The maximum atomic E-state index is 12.6. The number of anilines is 1. The molecule has 1 amide bonds. The lowest BCUT2D eigenvalue weighted by molar-refractivity contribution is -0.115. The summed E-state index contributed by atoms with van der Waals surface area (Å²) in [6.07, 6.45) is 2.57. The number of rotatable bonds is 7. The zero-order valence-electron chi connectivity index (χ0n) is 16.9. The van der Waals surface area contributed by atoms with Crippen LogP contribution in [0.4, 0.5) is 5.69 Å². The molecule has 3 aromatic rings. The lowest BCUT2D eigenvalue weighted by Crippen LogP contribution is -2.22. The van der Waals surface area contributed by atoms with Gasteiger partial charge in [-0.05, 0) is 36.2 Å². The predicted molar refractivity (Wildman–Crippen MR) is 112 cm³/mol. The first-order chi connectivity index (χ1) is 13.8. The average Bonchev–Trinajstić information content (AvgIpc) is 3.09. The van der Waals surface area contributed by atoms with Crippen LogP contribution < -0.4 is 10.1 Å². The van der Waals surface area contributed by atoms with Gasteiger partial charge in [0.1, 0.15) is 11.3 Å². The molecule has 154 valence electrons. The van der Waals surface area contributed by atoms with Crippen molar-refractivity contribution in [1.82, 2.24) is 4.31 Å². The second kappa shape index (κ2) is 8.26. The van der Waals surface area contributed by atoms with E-state index >= 15 is 0 Å². The van der Waals surface area contributed by atoms with Crippen LogP contribution in [0.3, 0.4) is 0 Å². The van der Waals surface area contributed by atoms with Crippen LogP contribution in [0.25, 0.3) is 11.0 Å². The summed E-state index contributed by atoms with van der Waals surface area (Å²) < 4.78 is 36.7. The Morgan fingerprint density at radius 3 is 2.59 bits per heavy atom. The topological polar surface area (TPSA) is 88.9 Å². The number of nitrogens with zero attached hydrogens (tertiary/aromatic N) is 1. The van der Waals surface area contributed by atoms with E-state index < -0.39 is 10.0 Å². The van der Waals surface area contributed by atoms with Crippen molar-refractivity contribution < 1.29 is 22.4 Å². The number of aryl methyl sites for hydroxylation is 1. The van der Waals surface area contributed by atoms with Crippen LogP contribution in [0, 0.1) is 0 Å². The summed E-state index contributed by atoms with van der Waals surface area (Å²) in [5.74, 6) is 0.0747. The Balaban J connectivity index is 1.85. The SMILES string of the molecule is CCc1ccc2c(CC(=O)Nc3cc(S(=O)(=O)N(C)C)ccc3OC)coc2c1. The summed E-state index contributed by atoms with van der Waals surface area (Å²) in [5, 5.41) is 3.63. The Hall–Kier alpha value is -2.84. The summed E-state index contributed by atoms with van der Waals surface area (Å²) in [6.45, 7) is 2.07. The fourth-order valence-electron chi connectivity index (χ4n) is 3.01. The molecule has 0 spiro atoms. The van der Waals surface area contributed by atoms with Crippen molar-refractivity contribution in [2.45, 2.75) is 24.7 Å². The molecular weight excluding hydrogens is 392 g/mol. The Morgan fingerprint density at radius 1 is 1.17 bits per heavy atom. The Kier molecular flexibility index (Phi) is 5.95. The molecule has 0 fully saturated rings. The van der Waals surface area contributed by atoms with Gasteiger partial charge in [-0.3, -0.25) is 4.79 Å². The molecule has 0 bridgehead atoms. The molecule has 1 heterocycles. The summed E-state index contributed by atoms with van der Waals surface area (Å²) in [5.41, 5.74) is 2.95. The van der Waals surface area contributed by atoms with Crippen molar-refractivity contribution in [2.75, 3.05) is 26.5 Å². The molecule has 0 saturated heterocycles. The molecule has 0 atom stereocenters. The first-order valence-corrected chi connectivity index (χ1v) is 10.6. The zero-order valence-corrected chi connectivity index (χ0v) is 17.7. The van der Waals surface area contributed by atoms with E-state index in [0.29, 0.717) is 11.4 Å². The van der Waals surface area contributed by atoms with Gasteiger partial charge in [0, 0.05) is 25.0 Å². The number of benzene rings is 2. The summed E-state index contributed by atoms with van der Waals surface area (Å²) >= 11 is 0. The number of ether oxygens (including phenoxy) is 1. The zero-order chi connectivity index (χ0) is 21.2. The lowest BCUT2D eigenvalue weighted by Gasteiger charge is -2.15. The minimum Gasteiger partial charge on any atom is -0.495 e. The van der Waals surface area contributed by atoms with Crippen molar-refractivity contribution >= 4 is 32.6 Å². The minimum atomic E-state index is -3.63. The van der Waals surface area contributed by atoms with Gasteiger partial charge in [0.15, 0.2) is 0 Å². The molecule has 0 radical (unpaired) electrons. The third-order valence-electron chi connectivity index (χ3n) is 4.70. The third kappa shape index (κ3) is 4.28. The predicted octanol–water partition coefficient (Wildman–Crippen LogP) is 3.44. The number of fused-ring (bicyclic) bond motifs is 1. The van der Waals surface area contributed by atoms with Crippen molar-refractivity contribution in [3.05, 3.63) is 53.8 Å². The molecule has 1 N–H and O–H groups in total. The Bertz CT molecular complexity index is 1150. The van der Waals surface area contributed by atoms with Crippen LogP contribution >= 0.6 is 0 Å². The summed E-state index contributed by atoms with van der Waals surface area (Å²) in [7, 11) is 0.725. The van der Waals surface area contributed by atoms with Gasteiger partial charge in [0.25, 0.3) is 0 Å². The van der Waals surface area contributed by atoms with E-state index in [1.807, 2.05) is 18.2 Å². The van der Waals surface area contributed by atoms with Crippen LogP contribution in [-0.4, -0.2) is 39.8 Å². The van der Waals surface area contributed by atoms with Crippen LogP contribution in [-0.2, 0) is 27.7 Å². The number of amides is 1. The average molecular weight is 416 g/mol. The van der Waals surface area contributed by atoms with E-state index in [2.05, 4.69) is 12.2 Å². The maximum absolute atomic E-state index is 12.6. The number of hydrogen-bond donors (Lipinski definition) is 1. The highest BCUT2D eigenvalue weighted by Gasteiger charge is 2.20. The molecule has 0 unspecified atom stereocenters. The van der Waals surface area contributed by atoms with E-state index in [0.717, 1.165) is 32.8 Å². The normalized spacial score (nSPS) is 11.8. The molecule has 0 saturated carbocycles. The molecule has 2 aromatic carbocycles. The highest BCUT2D eigenvalue weighted by molar-refractivity contribution is 7.89. The number of carbonyl (C=O) groups is 1. The van der Waals surface area contributed by atoms with Gasteiger partial charge in [-0.25, -0.2) is 12.7 Å². The highest BCUT2D eigenvalue weighted by Crippen LogP contribution is 2.29. The molecule has 7 nitrogen and oxygen atoms in total. The lowest BCUT2D eigenvalue weighted by atomic mass is 10.1. The quantitative estimate of drug-likeness (QED) is 0.637. The molecule has 1 aromatic heterocycles. The number of nitrogens with one attached hydrogen (secondary N) is 1. The van der Waals surface area contributed by atoms with E-state index in [-0.39, 0.29) is 17.2 Å². The molecule has 3 rings (SSSR count). The molecular formula is C21H24N2O5S. The fourth-order valence-corrected chi connectivity index (χ4v) is 3.94. The number of methoxy groups -OCH3 is 1. The largest absolute Gasteiger partial charge is 0.495 e. The molecule has 0 aliphatic carbocycles. The Morgan fingerprint density at radius 2 is 1.93 bits per heavy atom. The van der Waals surface area contributed by atoms with Crippen LogP contribution in [0.1, 0.15) is 18.1 Å². The van der Waals surface area contributed by atoms with Gasteiger partial charge in [-0.1, -0.05) is 19.1 Å². The summed E-state index contributed by atoms with van der Waals surface area (Å²) in [6, 6.07) is 10.3. The van der Waals surface area contributed by atoms with Crippen LogP contribution in [0.2, 0.25) is 0 Å². The van der Waals surface area contributed by atoms with Gasteiger partial charge in [-0.2, -0.15) is 0 Å². The van der Waals surface area contributed by atoms with Crippen molar-refractivity contribution in [3.63, 3.8) is 0 Å². The third-order valence-corrected chi connectivity index (χ3v) is 6.51. The number of furan rings is 1. The van der Waals surface area contributed by atoms with Gasteiger partial charge in [0.05, 0.1) is 30.4 Å². The highest BCUT2D eigenvalue weighted by atomic mass is 32.2. The first-order valence-electron chi connectivity index (χ1n) is 9.15. The van der Waals surface area contributed by atoms with Crippen molar-refractivity contribution in [1.29, 1.82) is 0 Å². The number of hydrogen-bond acceptors (Lipinski definition) is 5. The number of sulfonamides is 1. The number of carbonyl (C=O) groups excluding carboxylic acids is 1. The smallest absolute Gasteiger partial charge is 0.242 e. The van der Waals surface area contributed by atoms with E-state index in [1.54, 1.807) is 6.26 Å². The standard InChI is InChI=1S/C21H24N2O5S/c1-5-14-6-8-17-15(13-28-20(17)10-14)11-21(24)22-18-12-16(7-9-19(18)27-4)29(25,26)23(2)3/h6-10,12-13H,5,11H2,1-4H3,(H,22,24). The van der Waals surface area contributed by atoms with E-state index in [1.165, 1.54) is 39.4 Å². The van der Waals surface area contributed by atoms with Gasteiger partial charge >= 0.3 is 0 Å².